The Morgan fingerprint density at radius 1 is 1.23 bits per heavy atom. The van der Waals surface area contributed by atoms with Gasteiger partial charge < -0.3 is 15.4 Å². The molecular formula is C19H19ClFN3O2. The lowest BCUT2D eigenvalue weighted by atomic mass is 10.0. The standard InChI is InChI=1S/C19H18FN3O2.ClH/c20-15-4-1-12(2-5-15)19(24)23-18-16-6-3-13(9-14(16)10-22-18)17-11-21-7-8-25-17;/h1-6,9,17,21H,7-8,10-11H2,(H,22,23,24);1H. The molecule has 7 heteroatoms. The Labute approximate surface area is 157 Å². The van der Waals surface area contributed by atoms with Gasteiger partial charge in [0.05, 0.1) is 19.3 Å². The number of amides is 1. The number of rotatable bonds is 2. The summed E-state index contributed by atoms with van der Waals surface area (Å²) in [6.07, 6.45) is 0.0527. The molecule has 0 saturated carbocycles. The molecule has 4 rings (SSSR count). The van der Waals surface area contributed by atoms with Gasteiger partial charge in [-0.2, -0.15) is 0 Å². The fourth-order valence-electron chi connectivity index (χ4n) is 3.09. The van der Waals surface area contributed by atoms with Crippen LogP contribution >= 0.6 is 12.4 Å². The first-order valence-electron chi connectivity index (χ1n) is 8.27. The van der Waals surface area contributed by atoms with Crippen molar-refractivity contribution in [1.82, 2.24) is 10.6 Å². The monoisotopic (exact) mass is 375 g/mol. The molecule has 0 bridgehead atoms. The van der Waals surface area contributed by atoms with E-state index in [0.29, 0.717) is 24.6 Å². The number of benzene rings is 2. The van der Waals surface area contributed by atoms with Crippen molar-refractivity contribution in [2.75, 3.05) is 19.7 Å². The van der Waals surface area contributed by atoms with Gasteiger partial charge >= 0.3 is 0 Å². The molecule has 1 unspecified atom stereocenters. The van der Waals surface area contributed by atoms with Crippen LogP contribution in [0.4, 0.5) is 4.39 Å². The van der Waals surface area contributed by atoms with Gasteiger partial charge in [-0.3, -0.25) is 9.79 Å². The first-order valence-corrected chi connectivity index (χ1v) is 8.27. The lowest BCUT2D eigenvalue weighted by molar-refractivity contribution is 0.0276. The number of morpholine rings is 1. The number of hydrogen-bond acceptors (Lipinski definition) is 4. The van der Waals surface area contributed by atoms with Crippen molar-refractivity contribution in [2.24, 2.45) is 4.99 Å². The molecule has 0 spiro atoms. The first-order chi connectivity index (χ1) is 12.2. The average Bonchev–Trinajstić information content (AvgIpc) is 3.05. The zero-order valence-corrected chi connectivity index (χ0v) is 14.8. The van der Waals surface area contributed by atoms with Crippen LogP contribution in [0.3, 0.4) is 0 Å². The van der Waals surface area contributed by atoms with Gasteiger partial charge in [0.25, 0.3) is 5.91 Å². The summed E-state index contributed by atoms with van der Waals surface area (Å²) >= 11 is 0. The first kappa shape index (κ1) is 18.5. The fraction of sp³-hybridized carbons (Fsp3) is 0.263. The summed E-state index contributed by atoms with van der Waals surface area (Å²) in [5, 5.41) is 6.14. The molecule has 26 heavy (non-hydrogen) atoms. The number of fused-ring (bicyclic) bond motifs is 1. The molecule has 2 aliphatic heterocycles. The van der Waals surface area contributed by atoms with Crippen molar-refractivity contribution in [3.05, 3.63) is 70.5 Å². The van der Waals surface area contributed by atoms with Crippen LogP contribution in [-0.4, -0.2) is 31.4 Å². The minimum absolute atomic E-state index is 0. The normalized spacial score (nSPS) is 18.5. The predicted octanol–water partition coefficient (Wildman–Crippen LogP) is 2.60. The van der Waals surface area contributed by atoms with Crippen LogP contribution in [0.25, 0.3) is 0 Å². The Morgan fingerprint density at radius 3 is 2.77 bits per heavy atom. The smallest absolute Gasteiger partial charge is 0.256 e. The molecule has 2 aliphatic rings. The van der Waals surface area contributed by atoms with Gasteiger partial charge in [0, 0.05) is 24.2 Å². The Morgan fingerprint density at radius 2 is 2.04 bits per heavy atom. The SMILES string of the molecule is Cl.O=C(NC1=NCc2cc(C3CNCCO3)ccc21)c1ccc(F)cc1. The maximum Gasteiger partial charge on any atom is 0.256 e. The van der Waals surface area contributed by atoms with E-state index < -0.39 is 0 Å². The van der Waals surface area contributed by atoms with Crippen molar-refractivity contribution in [1.29, 1.82) is 0 Å². The minimum Gasteiger partial charge on any atom is -0.371 e. The van der Waals surface area contributed by atoms with E-state index in [1.54, 1.807) is 0 Å². The van der Waals surface area contributed by atoms with Gasteiger partial charge in [0.15, 0.2) is 0 Å². The number of aliphatic imine (C=N–C) groups is 1. The van der Waals surface area contributed by atoms with E-state index in [-0.39, 0.29) is 30.2 Å². The number of hydrogen-bond donors (Lipinski definition) is 2. The summed E-state index contributed by atoms with van der Waals surface area (Å²) in [5.41, 5.74) is 3.51. The van der Waals surface area contributed by atoms with Crippen LogP contribution in [0, 0.1) is 5.82 Å². The molecule has 1 saturated heterocycles. The highest BCUT2D eigenvalue weighted by atomic mass is 35.5. The number of carbonyl (C=O) groups excluding carboxylic acids is 1. The van der Waals surface area contributed by atoms with E-state index in [4.69, 9.17) is 4.74 Å². The van der Waals surface area contributed by atoms with Crippen molar-refractivity contribution in [2.45, 2.75) is 12.6 Å². The van der Waals surface area contributed by atoms with Crippen molar-refractivity contribution in [3.63, 3.8) is 0 Å². The van der Waals surface area contributed by atoms with Gasteiger partial charge in [0.2, 0.25) is 0 Å². The highest BCUT2D eigenvalue weighted by Gasteiger charge is 2.22. The largest absolute Gasteiger partial charge is 0.371 e. The second-order valence-corrected chi connectivity index (χ2v) is 6.11. The van der Waals surface area contributed by atoms with Gasteiger partial charge in [-0.25, -0.2) is 4.39 Å². The average molecular weight is 376 g/mol. The number of nitrogens with one attached hydrogen (secondary N) is 2. The van der Waals surface area contributed by atoms with Crippen LogP contribution in [0.5, 0.6) is 0 Å². The summed E-state index contributed by atoms with van der Waals surface area (Å²) in [6, 6.07) is 11.5. The molecule has 2 aromatic rings. The second kappa shape index (κ2) is 7.95. The maximum atomic E-state index is 13.0. The van der Waals surface area contributed by atoms with Gasteiger partial charge in [-0.1, -0.05) is 18.2 Å². The number of amidine groups is 1. The maximum absolute atomic E-state index is 13.0. The van der Waals surface area contributed by atoms with E-state index in [9.17, 15) is 9.18 Å². The Hall–Kier alpha value is -2.28. The van der Waals surface area contributed by atoms with Gasteiger partial charge in [-0.15, -0.1) is 12.4 Å². The third kappa shape index (κ3) is 3.77. The predicted molar refractivity (Wildman–Crippen MR) is 99.4 cm³/mol. The second-order valence-electron chi connectivity index (χ2n) is 6.11. The fourth-order valence-corrected chi connectivity index (χ4v) is 3.09. The van der Waals surface area contributed by atoms with Crippen LogP contribution in [0.2, 0.25) is 0 Å². The van der Waals surface area contributed by atoms with Gasteiger partial charge in [0.1, 0.15) is 11.7 Å². The van der Waals surface area contributed by atoms with E-state index in [2.05, 4.69) is 21.7 Å². The van der Waals surface area contributed by atoms with E-state index in [0.717, 1.165) is 29.8 Å². The molecule has 1 amide bonds. The van der Waals surface area contributed by atoms with Crippen LogP contribution in [-0.2, 0) is 11.3 Å². The highest BCUT2D eigenvalue weighted by molar-refractivity contribution is 6.14. The molecule has 136 valence electrons. The lowest BCUT2D eigenvalue weighted by Gasteiger charge is -2.24. The minimum atomic E-state index is -0.368. The zero-order valence-electron chi connectivity index (χ0n) is 14.0. The van der Waals surface area contributed by atoms with E-state index in [1.807, 2.05) is 12.1 Å². The summed E-state index contributed by atoms with van der Waals surface area (Å²) in [7, 11) is 0. The number of halogens is 2. The number of carbonyl (C=O) groups is 1. The molecule has 0 aliphatic carbocycles. The third-order valence-electron chi connectivity index (χ3n) is 4.43. The molecule has 5 nitrogen and oxygen atoms in total. The summed E-state index contributed by atoms with van der Waals surface area (Å²) in [4.78, 5) is 16.7. The topological polar surface area (TPSA) is 62.7 Å². The Bertz CT molecular complexity index is 833. The van der Waals surface area contributed by atoms with Crippen LogP contribution in [0.1, 0.15) is 33.2 Å². The van der Waals surface area contributed by atoms with Crippen molar-refractivity contribution < 1.29 is 13.9 Å². The number of ether oxygens (including phenoxy) is 1. The zero-order chi connectivity index (χ0) is 17.2. The summed E-state index contributed by atoms with van der Waals surface area (Å²) < 4.78 is 18.8. The molecule has 2 aromatic carbocycles. The summed E-state index contributed by atoms with van der Waals surface area (Å²) in [5.74, 6) is -0.110. The molecule has 2 N–H and O–H groups in total. The van der Waals surface area contributed by atoms with Gasteiger partial charge in [-0.05, 0) is 35.4 Å². The number of nitrogens with zero attached hydrogens (tertiary/aromatic N) is 1. The highest BCUT2D eigenvalue weighted by Crippen LogP contribution is 2.25. The quantitative estimate of drug-likeness (QED) is 0.848. The molecule has 1 atom stereocenters. The van der Waals surface area contributed by atoms with Crippen LogP contribution in [0.15, 0.2) is 47.5 Å². The van der Waals surface area contributed by atoms with Crippen molar-refractivity contribution >= 4 is 24.1 Å². The Balaban J connectivity index is 0.00000196. The van der Waals surface area contributed by atoms with E-state index in [1.165, 1.54) is 24.3 Å². The van der Waals surface area contributed by atoms with E-state index >= 15 is 0 Å². The molecule has 1 fully saturated rings. The molecule has 0 radical (unpaired) electrons. The molecule has 0 aromatic heterocycles. The third-order valence-corrected chi connectivity index (χ3v) is 4.43. The summed E-state index contributed by atoms with van der Waals surface area (Å²) in [6.45, 7) is 2.91. The van der Waals surface area contributed by atoms with Crippen LogP contribution < -0.4 is 10.6 Å². The lowest BCUT2D eigenvalue weighted by Crippen LogP contribution is -2.33. The van der Waals surface area contributed by atoms with Crippen molar-refractivity contribution in [3.8, 4) is 0 Å². The Kier molecular flexibility index (Phi) is 5.66. The molecular weight excluding hydrogens is 357 g/mol. The molecule has 2 heterocycles.